The van der Waals surface area contributed by atoms with Crippen LogP contribution >= 0.6 is 0 Å². The number of anilines is 1. The molecule has 24 heavy (non-hydrogen) atoms. The van der Waals surface area contributed by atoms with Gasteiger partial charge in [0.05, 0.1) is 11.6 Å². The van der Waals surface area contributed by atoms with Crippen LogP contribution in [0.25, 0.3) is 0 Å². The Hall–Kier alpha value is -2.30. The van der Waals surface area contributed by atoms with Gasteiger partial charge in [-0.15, -0.1) is 0 Å². The van der Waals surface area contributed by atoms with Crippen LogP contribution in [-0.4, -0.2) is 42.3 Å². The fourth-order valence-electron chi connectivity index (χ4n) is 2.99. The lowest BCUT2D eigenvalue weighted by Crippen LogP contribution is -2.32. The van der Waals surface area contributed by atoms with Gasteiger partial charge in [0.25, 0.3) is 5.91 Å². The van der Waals surface area contributed by atoms with Crippen molar-refractivity contribution in [1.82, 2.24) is 4.90 Å². The van der Waals surface area contributed by atoms with Crippen LogP contribution in [0.15, 0.2) is 35.6 Å². The van der Waals surface area contributed by atoms with Crippen molar-refractivity contribution in [2.45, 2.75) is 39.2 Å². The molecule has 130 valence electrons. The van der Waals surface area contributed by atoms with Gasteiger partial charge in [-0.1, -0.05) is 32.4 Å². The molecule has 1 atom stereocenters. The van der Waals surface area contributed by atoms with Gasteiger partial charge in [-0.3, -0.25) is 9.59 Å². The quantitative estimate of drug-likeness (QED) is 0.834. The van der Waals surface area contributed by atoms with E-state index in [0.29, 0.717) is 6.54 Å². The first kappa shape index (κ1) is 18.0. The van der Waals surface area contributed by atoms with Crippen molar-refractivity contribution in [3.8, 4) is 0 Å². The fraction of sp³-hybridized carbons (Fsp3) is 0.474. The fourth-order valence-corrected chi connectivity index (χ4v) is 2.99. The Morgan fingerprint density at radius 2 is 1.83 bits per heavy atom. The standard InChI is InChI=1S/C19H26N2O3/c1-5-7-12-21-17(13-8-10-14(11-9-13)20(3)4)16(15(22)6-2)18(23)19(21)24/h8-11,17,23H,5-7,12H2,1-4H3. The molecule has 0 aromatic heterocycles. The first-order valence-corrected chi connectivity index (χ1v) is 8.46. The zero-order chi connectivity index (χ0) is 17.9. The SMILES string of the molecule is CCCCN1C(=O)C(O)=C(C(=O)CC)C1c1ccc(N(C)C)cc1. The number of Topliss-reactive ketones (excluding diaryl/α,β-unsaturated/α-hetero) is 1. The molecule has 1 heterocycles. The molecule has 1 aromatic rings. The van der Waals surface area contributed by atoms with E-state index >= 15 is 0 Å². The van der Waals surface area contributed by atoms with Crippen LogP contribution in [0.1, 0.15) is 44.7 Å². The lowest BCUT2D eigenvalue weighted by molar-refractivity contribution is -0.129. The molecule has 0 saturated heterocycles. The zero-order valence-electron chi connectivity index (χ0n) is 14.9. The highest BCUT2D eigenvalue weighted by molar-refractivity contribution is 6.08. The number of benzene rings is 1. The van der Waals surface area contributed by atoms with Crippen LogP contribution in [0.4, 0.5) is 5.69 Å². The molecule has 1 unspecified atom stereocenters. The van der Waals surface area contributed by atoms with Crippen molar-refractivity contribution in [3.63, 3.8) is 0 Å². The molecule has 5 nitrogen and oxygen atoms in total. The minimum Gasteiger partial charge on any atom is -0.503 e. The van der Waals surface area contributed by atoms with Gasteiger partial charge in [-0.2, -0.15) is 0 Å². The molecule has 1 aliphatic rings. The summed E-state index contributed by atoms with van der Waals surface area (Å²) in [6.45, 7) is 4.32. The highest BCUT2D eigenvalue weighted by Gasteiger charge is 2.42. The third-order valence-corrected chi connectivity index (χ3v) is 4.40. The topological polar surface area (TPSA) is 60.9 Å². The van der Waals surface area contributed by atoms with Gasteiger partial charge in [-0.25, -0.2) is 0 Å². The number of aliphatic hydroxyl groups excluding tert-OH is 1. The molecular weight excluding hydrogens is 304 g/mol. The molecule has 1 aromatic carbocycles. The Morgan fingerprint density at radius 3 is 2.33 bits per heavy atom. The van der Waals surface area contributed by atoms with Gasteiger partial charge in [0.15, 0.2) is 11.5 Å². The van der Waals surface area contributed by atoms with E-state index in [4.69, 9.17) is 0 Å². The second kappa shape index (κ2) is 7.51. The smallest absolute Gasteiger partial charge is 0.290 e. The third kappa shape index (κ3) is 3.30. The summed E-state index contributed by atoms with van der Waals surface area (Å²) in [6, 6.07) is 7.27. The molecule has 0 bridgehead atoms. The molecule has 1 aliphatic heterocycles. The normalized spacial score (nSPS) is 17.6. The monoisotopic (exact) mass is 330 g/mol. The number of carbonyl (C=O) groups excluding carboxylic acids is 2. The van der Waals surface area contributed by atoms with Crippen LogP contribution < -0.4 is 4.90 Å². The van der Waals surface area contributed by atoms with Gasteiger partial charge in [0.2, 0.25) is 0 Å². The number of nitrogens with zero attached hydrogens (tertiary/aromatic N) is 2. The third-order valence-electron chi connectivity index (χ3n) is 4.40. The van der Waals surface area contributed by atoms with Crippen molar-refractivity contribution in [1.29, 1.82) is 0 Å². The maximum atomic E-state index is 12.5. The number of hydrogen-bond donors (Lipinski definition) is 1. The zero-order valence-corrected chi connectivity index (χ0v) is 14.9. The largest absolute Gasteiger partial charge is 0.503 e. The van der Waals surface area contributed by atoms with Crippen LogP contribution in [0.5, 0.6) is 0 Å². The molecule has 0 spiro atoms. The average Bonchev–Trinajstić information content (AvgIpc) is 2.83. The number of hydrogen-bond acceptors (Lipinski definition) is 4. The first-order chi connectivity index (χ1) is 11.4. The van der Waals surface area contributed by atoms with Crippen molar-refractivity contribution in [2.24, 2.45) is 0 Å². The molecule has 5 heteroatoms. The maximum absolute atomic E-state index is 12.5. The van der Waals surface area contributed by atoms with Gasteiger partial charge < -0.3 is 14.9 Å². The second-order valence-corrected chi connectivity index (χ2v) is 6.28. The van der Waals surface area contributed by atoms with E-state index in [-0.39, 0.29) is 23.5 Å². The highest BCUT2D eigenvalue weighted by atomic mass is 16.3. The predicted molar refractivity (Wildman–Crippen MR) is 95.1 cm³/mol. The van der Waals surface area contributed by atoms with E-state index < -0.39 is 11.9 Å². The molecule has 2 rings (SSSR count). The van der Waals surface area contributed by atoms with Crippen molar-refractivity contribution >= 4 is 17.4 Å². The van der Waals surface area contributed by atoms with Crippen LogP contribution in [-0.2, 0) is 9.59 Å². The Morgan fingerprint density at radius 1 is 1.21 bits per heavy atom. The predicted octanol–water partition coefficient (Wildman–Crippen LogP) is 3.23. The molecule has 0 fully saturated rings. The number of aliphatic hydroxyl groups is 1. The van der Waals surface area contributed by atoms with E-state index in [9.17, 15) is 14.7 Å². The Bertz CT molecular complexity index is 647. The Labute approximate surface area is 143 Å². The van der Waals surface area contributed by atoms with E-state index in [1.54, 1.807) is 11.8 Å². The number of unbranched alkanes of at least 4 members (excludes halogenated alkanes) is 1. The molecule has 1 amide bonds. The molecule has 0 aliphatic carbocycles. The molecule has 0 saturated carbocycles. The molecule has 1 N–H and O–H groups in total. The van der Waals surface area contributed by atoms with Gasteiger partial charge in [-0.05, 0) is 24.1 Å². The number of ketones is 1. The Kier molecular flexibility index (Phi) is 5.65. The average molecular weight is 330 g/mol. The Balaban J connectivity index is 2.45. The van der Waals surface area contributed by atoms with Crippen LogP contribution in [0.3, 0.4) is 0 Å². The van der Waals surface area contributed by atoms with E-state index in [1.807, 2.05) is 50.2 Å². The maximum Gasteiger partial charge on any atom is 0.290 e. The van der Waals surface area contributed by atoms with Crippen molar-refractivity contribution < 1.29 is 14.7 Å². The number of rotatable bonds is 7. The number of amides is 1. The van der Waals surface area contributed by atoms with Crippen LogP contribution in [0, 0.1) is 0 Å². The second-order valence-electron chi connectivity index (χ2n) is 6.28. The summed E-state index contributed by atoms with van der Waals surface area (Å²) in [5, 5.41) is 10.3. The minimum absolute atomic E-state index is 0.179. The summed E-state index contributed by atoms with van der Waals surface area (Å²) in [6.07, 6.45) is 2.04. The summed E-state index contributed by atoms with van der Waals surface area (Å²) < 4.78 is 0. The minimum atomic E-state index is -0.493. The number of carbonyl (C=O) groups is 2. The van der Waals surface area contributed by atoms with E-state index in [0.717, 1.165) is 24.1 Å². The summed E-state index contributed by atoms with van der Waals surface area (Å²) in [5.41, 5.74) is 2.13. The summed E-state index contributed by atoms with van der Waals surface area (Å²) in [4.78, 5) is 28.4. The summed E-state index contributed by atoms with van der Waals surface area (Å²) >= 11 is 0. The van der Waals surface area contributed by atoms with Crippen molar-refractivity contribution in [2.75, 3.05) is 25.5 Å². The first-order valence-electron chi connectivity index (χ1n) is 8.46. The summed E-state index contributed by atoms with van der Waals surface area (Å²) in [5.74, 6) is -1.01. The van der Waals surface area contributed by atoms with E-state index in [1.165, 1.54) is 0 Å². The molecular formula is C19H26N2O3. The lowest BCUT2D eigenvalue weighted by Gasteiger charge is -2.27. The molecule has 0 radical (unpaired) electrons. The van der Waals surface area contributed by atoms with E-state index in [2.05, 4.69) is 0 Å². The lowest BCUT2D eigenvalue weighted by atomic mass is 9.95. The van der Waals surface area contributed by atoms with Gasteiger partial charge in [0, 0.05) is 32.7 Å². The summed E-state index contributed by atoms with van der Waals surface area (Å²) in [7, 11) is 3.92. The van der Waals surface area contributed by atoms with Gasteiger partial charge in [0.1, 0.15) is 0 Å². The van der Waals surface area contributed by atoms with Crippen LogP contribution in [0.2, 0.25) is 0 Å². The van der Waals surface area contributed by atoms with Crippen molar-refractivity contribution in [3.05, 3.63) is 41.2 Å². The van der Waals surface area contributed by atoms with Gasteiger partial charge >= 0.3 is 0 Å². The highest BCUT2D eigenvalue weighted by Crippen LogP contribution is 2.38.